The van der Waals surface area contributed by atoms with E-state index >= 15 is 0 Å². The van der Waals surface area contributed by atoms with Crippen LogP contribution in [0.4, 0.5) is 10.1 Å². The van der Waals surface area contributed by atoms with Crippen molar-refractivity contribution in [3.05, 3.63) is 65.5 Å². The summed E-state index contributed by atoms with van der Waals surface area (Å²) in [5, 5.41) is 0. The first kappa shape index (κ1) is 13.1. The lowest BCUT2D eigenvalue weighted by Gasteiger charge is -2.23. The van der Waals surface area contributed by atoms with Crippen molar-refractivity contribution in [2.24, 2.45) is 0 Å². The van der Waals surface area contributed by atoms with Crippen molar-refractivity contribution in [2.45, 2.75) is 32.0 Å². The van der Waals surface area contributed by atoms with Crippen LogP contribution in [0.5, 0.6) is 0 Å². The van der Waals surface area contributed by atoms with E-state index in [9.17, 15) is 4.39 Å². The highest BCUT2D eigenvalue weighted by Crippen LogP contribution is 2.31. The van der Waals surface area contributed by atoms with Gasteiger partial charge in [0, 0.05) is 30.4 Å². The normalized spacial score (nSPS) is 14.7. The van der Waals surface area contributed by atoms with Gasteiger partial charge in [-0.3, -0.25) is 4.90 Å². The summed E-state index contributed by atoms with van der Waals surface area (Å²) >= 11 is 0. The highest BCUT2D eigenvalue weighted by molar-refractivity contribution is 5.47. The number of hydrogen-bond donors (Lipinski definition) is 1. The van der Waals surface area contributed by atoms with Crippen LogP contribution in [0.25, 0.3) is 0 Å². The minimum Gasteiger partial charge on any atom is -0.398 e. The maximum absolute atomic E-state index is 13.9. The molecule has 0 bridgehead atoms. The van der Waals surface area contributed by atoms with Crippen molar-refractivity contribution in [1.82, 2.24) is 4.90 Å². The van der Waals surface area contributed by atoms with E-state index in [1.165, 1.54) is 24.5 Å². The molecule has 0 aromatic heterocycles. The molecule has 0 saturated heterocycles. The molecule has 0 radical (unpaired) electrons. The van der Waals surface area contributed by atoms with E-state index in [1.807, 2.05) is 18.2 Å². The Hall–Kier alpha value is -1.87. The molecular weight excluding hydrogens is 251 g/mol. The van der Waals surface area contributed by atoms with Gasteiger partial charge in [0.1, 0.15) is 5.82 Å². The quantitative estimate of drug-likeness (QED) is 0.842. The Kier molecular flexibility index (Phi) is 3.70. The molecule has 104 valence electrons. The second-order valence-corrected chi connectivity index (χ2v) is 5.43. The average Bonchev–Trinajstić information content (AvgIpc) is 3.27. The third-order valence-corrected chi connectivity index (χ3v) is 3.81. The van der Waals surface area contributed by atoms with Gasteiger partial charge in [-0.2, -0.15) is 0 Å². The number of nitrogens with zero attached hydrogens (tertiary/aromatic N) is 1. The molecule has 2 nitrogen and oxygen atoms in total. The third-order valence-electron chi connectivity index (χ3n) is 3.81. The second kappa shape index (κ2) is 5.63. The van der Waals surface area contributed by atoms with Crippen molar-refractivity contribution >= 4 is 5.69 Å². The first-order valence-corrected chi connectivity index (χ1v) is 7.05. The van der Waals surface area contributed by atoms with E-state index in [0.29, 0.717) is 23.8 Å². The number of halogens is 1. The molecule has 2 aromatic rings. The van der Waals surface area contributed by atoms with Gasteiger partial charge < -0.3 is 5.73 Å². The lowest BCUT2D eigenvalue weighted by atomic mass is 10.1. The fourth-order valence-electron chi connectivity index (χ4n) is 2.52. The Morgan fingerprint density at radius 2 is 1.75 bits per heavy atom. The molecule has 2 N–H and O–H groups in total. The van der Waals surface area contributed by atoms with E-state index in [0.717, 1.165) is 6.54 Å². The molecule has 3 rings (SSSR count). The smallest absolute Gasteiger partial charge is 0.129 e. The van der Waals surface area contributed by atoms with Crippen LogP contribution in [0, 0.1) is 5.82 Å². The Morgan fingerprint density at radius 3 is 2.40 bits per heavy atom. The Morgan fingerprint density at radius 1 is 1.00 bits per heavy atom. The summed E-state index contributed by atoms with van der Waals surface area (Å²) in [6.45, 7) is 1.43. The van der Waals surface area contributed by atoms with Crippen LogP contribution >= 0.6 is 0 Å². The van der Waals surface area contributed by atoms with Crippen LogP contribution in [0.15, 0.2) is 48.5 Å². The Labute approximate surface area is 119 Å². The summed E-state index contributed by atoms with van der Waals surface area (Å²) in [5.74, 6) is -0.205. The molecule has 1 saturated carbocycles. The number of rotatable bonds is 5. The molecule has 0 unspecified atom stereocenters. The number of nitrogens with two attached hydrogens (primary N) is 1. The SMILES string of the molecule is Nc1cccc(F)c1CN(Cc1ccccc1)C1CC1. The van der Waals surface area contributed by atoms with Gasteiger partial charge in [0.05, 0.1) is 0 Å². The summed E-state index contributed by atoms with van der Waals surface area (Å²) in [5.41, 5.74) is 8.34. The maximum Gasteiger partial charge on any atom is 0.129 e. The minimum absolute atomic E-state index is 0.205. The van der Waals surface area contributed by atoms with Crippen molar-refractivity contribution in [3.63, 3.8) is 0 Å². The van der Waals surface area contributed by atoms with Crippen LogP contribution < -0.4 is 5.73 Å². The van der Waals surface area contributed by atoms with Gasteiger partial charge in [-0.15, -0.1) is 0 Å². The van der Waals surface area contributed by atoms with Crippen molar-refractivity contribution < 1.29 is 4.39 Å². The number of anilines is 1. The molecule has 1 aliphatic rings. The highest BCUT2D eigenvalue weighted by Gasteiger charge is 2.29. The van der Waals surface area contributed by atoms with Gasteiger partial charge in [0.2, 0.25) is 0 Å². The summed E-state index contributed by atoms with van der Waals surface area (Å²) in [6.07, 6.45) is 2.39. The summed E-state index contributed by atoms with van der Waals surface area (Å²) in [6, 6.07) is 15.8. The van der Waals surface area contributed by atoms with Gasteiger partial charge in [0.15, 0.2) is 0 Å². The molecule has 0 amide bonds. The van der Waals surface area contributed by atoms with E-state index in [2.05, 4.69) is 17.0 Å². The highest BCUT2D eigenvalue weighted by atomic mass is 19.1. The van der Waals surface area contributed by atoms with Crippen LogP contribution in [-0.4, -0.2) is 10.9 Å². The third kappa shape index (κ3) is 2.99. The van der Waals surface area contributed by atoms with Crippen molar-refractivity contribution in [2.75, 3.05) is 5.73 Å². The number of benzene rings is 2. The molecule has 20 heavy (non-hydrogen) atoms. The van der Waals surface area contributed by atoms with E-state index in [4.69, 9.17) is 5.73 Å². The predicted molar refractivity (Wildman–Crippen MR) is 79.5 cm³/mol. The zero-order valence-electron chi connectivity index (χ0n) is 11.4. The average molecular weight is 270 g/mol. The van der Waals surface area contributed by atoms with Crippen molar-refractivity contribution in [3.8, 4) is 0 Å². The lowest BCUT2D eigenvalue weighted by molar-refractivity contribution is 0.243. The van der Waals surface area contributed by atoms with E-state index in [-0.39, 0.29) is 5.82 Å². The fourth-order valence-corrected chi connectivity index (χ4v) is 2.52. The molecule has 1 fully saturated rings. The molecule has 0 heterocycles. The lowest BCUT2D eigenvalue weighted by Crippen LogP contribution is -2.26. The van der Waals surface area contributed by atoms with Crippen molar-refractivity contribution in [1.29, 1.82) is 0 Å². The summed E-state index contributed by atoms with van der Waals surface area (Å²) in [4.78, 5) is 2.32. The van der Waals surface area contributed by atoms with E-state index < -0.39 is 0 Å². The summed E-state index contributed by atoms with van der Waals surface area (Å²) in [7, 11) is 0. The molecule has 0 spiro atoms. The number of hydrogen-bond acceptors (Lipinski definition) is 2. The van der Waals surface area contributed by atoms with Gasteiger partial charge in [-0.1, -0.05) is 36.4 Å². The molecular formula is C17H19FN2. The fraction of sp³-hybridized carbons (Fsp3) is 0.294. The molecule has 1 aliphatic carbocycles. The largest absolute Gasteiger partial charge is 0.398 e. The van der Waals surface area contributed by atoms with Gasteiger partial charge >= 0.3 is 0 Å². The molecule has 3 heteroatoms. The summed E-state index contributed by atoms with van der Waals surface area (Å²) < 4.78 is 13.9. The van der Waals surface area contributed by atoms with Gasteiger partial charge in [0.25, 0.3) is 0 Å². The monoisotopic (exact) mass is 270 g/mol. The van der Waals surface area contributed by atoms with Gasteiger partial charge in [-0.25, -0.2) is 4.39 Å². The van der Waals surface area contributed by atoms with Gasteiger partial charge in [-0.05, 0) is 30.5 Å². The first-order valence-electron chi connectivity index (χ1n) is 7.05. The molecule has 0 atom stereocenters. The van der Waals surface area contributed by atoms with Crippen LogP contribution in [-0.2, 0) is 13.1 Å². The second-order valence-electron chi connectivity index (χ2n) is 5.43. The molecule has 0 aliphatic heterocycles. The van der Waals surface area contributed by atoms with E-state index in [1.54, 1.807) is 12.1 Å². The first-order chi connectivity index (χ1) is 9.74. The molecule has 2 aromatic carbocycles. The Balaban J connectivity index is 1.78. The van der Waals surface area contributed by atoms with Crippen LogP contribution in [0.2, 0.25) is 0 Å². The maximum atomic E-state index is 13.9. The zero-order chi connectivity index (χ0) is 13.9. The standard InChI is InChI=1S/C17H19FN2/c18-16-7-4-8-17(19)15(16)12-20(14-9-10-14)11-13-5-2-1-3-6-13/h1-8,14H,9-12,19H2. The topological polar surface area (TPSA) is 29.3 Å². The Bertz CT molecular complexity index is 559. The zero-order valence-corrected chi connectivity index (χ0v) is 11.4. The van der Waals surface area contributed by atoms with Crippen LogP contribution in [0.3, 0.4) is 0 Å². The number of nitrogen functional groups attached to an aromatic ring is 1. The van der Waals surface area contributed by atoms with Crippen LogP contribution in [0.1, 0.15) is 24.0 Å². The predicted octanol–water partition coefficient (Wildman–Crippen LogP) is 3.57. The minimum atomic E-state index is -0.205.